The SMILES string of the molecule is C/C(=N\Oc1ccc(F)cc1)c1cc(Cl)ccc1C(F)(F)F. The summed E-state index contributed by atoms with van der Waals surface area (Å²) in [6.07, 6.45) is -4.54. The van der Waals surface area contributed by atoms with Gasteiger partial charge in [-0.3, -0.25) is 0 Å². The molecule has 0 bridgehead atoms. The van der Waals surface area contributed by atoms with E-state index in [0.29, 0.717) is 0 Å². The molecule has 2 aromatic rings. The monoisotopic (exact) mass is 331 g/mol. The number of alkyl halides is 3. The smallest absolute Gasteiger partial charge is 0.357 e. The summed E-state index contributed by atoms with van der Waals surface area (Å²) < 4.78 is 51.7. The van der Waals surface area contributed by atoms with E-state index in [1.165, 1.54) is 19.1 Å². The molecule has 0 aromatic heterocycles. The van der Waals surface area contributed by atoms with Crippen molar-refractivity contribution < 1.29 is 22.4 Å². The third-order valence-electron chi connectivity index (χ3n) is 2.78. The summed E-state index contributed by atoms with van der Waals surface area (Å²) in [7, 11) is 0. The molecule has 0 amide bonds. The van der Waals surface area contributed by atoms with E-state index in [1.807, 2.05) is 0 Å². The van der Waals surface area contributed by atoms with Gasteiger partial charge in [-0.25, -0.2) is 4.39 Å². The van der Waals surface area contributed by atoms with Crippen LogP contribution in [0.1, 0.15) is 18.1 Å². The molecule has 2 aromatic carbocycles. The van der Waals surface area contributed by atoms with Gasteiger partial charge in [0.1, 0.15) is 5.82 Å². The predicted octanol–water partition coefficient (Wildman–Crippen LogP) is 5.30. The number of halogens is 5. The summed E-state index contributed by atoms with van der Waals surface area (Å²) in [5.74, 6) is -0.251. The van der Waals surface area contributed by atoms with Crippen molar-refractivity contribution in [2.24, 2.45) is 5.16 Å². The minimum atomic E-state index is -4.54. The molecule has 0 heterocycles. The van der Waals surface area contributed by atoms with E-state index >= 15 is 0 Å². The Balaban J connectivity index is 2.32. The molecule has 116 valence electrons. The second kappa shape index (κ2) is 6.36. The van der Waals surface area contributed by atoms with Crippen LogP contribution in [-0.4, -0.2) is 5.71 Å². The van der Waals surface area contributed by atoms with Crippen molar-refractivity contribution in [1.82, 2.24) is 0 Å². The quantitative estimate of drug-likeness (QED) is 0.425. The van der Waals surface area contributed by atoms with E-state index in [1.54, 1.807) is 0 Å². The highest BCUT2D eigenvalue weighted by atomic mass is 35.5. The van der Waals surface area contributed by atoms with E-state index in [-0.39, 0.29) is 22.0 Å². The highest BCUT2D eigenvalue weighted by Gasteiger charge is 2.34. The number of nitrogens with zero attached hydrogens (tertiary/aromatic N) is 1. The Morgan fingerprint density at radius 3 is 2.32 bits per heavy atom. The molecular weight excluding hydrogens is 322 g/mol. The Kier molecular flexibility index (Phi) is 4.71. The Morgan fingerprint density at radius 2 is 1.73 bits per heavy atom. The highest BCUT2D eigenvalue weighted by molar-refractivity contribution is 6.31. The average Bonchev–Trinajstić information content (AvgIpc) is 2.45. The zero-order valence-corrected chi connectivity index (χ0v) is 12.0. The van der Waals surface area contributed by atoms with Crippen LogP contribution in [0.2, 0.25) is 5.02 Å². The fourth-order valence-corrected chi connectivity index (χ4v) is 1.90. The number of oxime groups is 1. The van der Waals surface area contributed by atoms with Gasteiger partial charge in [-0.15, -0.1) is 0 Å². The average molecular weight is 332 g/mol. The van der Waals surface area contributed by atoms with Crippen LogP contribution < -0.4 is 4.84 Å². The molecular formula is C15H10ClF4NO. The molecule has 0 saturated carbocycles. The molecule has 0 fully saturated rings. The first-order chi connectivity index (χ1) is 10.3. The lowest BCUT2D eigenvalue weighted by Gasteiger charge is -2.12. The number of benzene rings is 2. The summed E-state index contributed by atoms with van der Waals surface area (Å²) in [4.78, 5) is 5.00. The summed E-state index contributed by atoms with van der Waals surface area (Å²) in [5, 5.41) is 3.80. The Hall–Kier alpha value is -2.08. The van der Waals surface area contributed by atoms with Crippen molar-refractivity contribution in [3.05, 3.63) is 64.4 Å². The van der Waals surface area contributed by atoms with E-state index in [0.717, 1.165) is 30.3 Å². The minimum Gasteiger partial charge on any atom is -0.357 e. The van der Waals surface area contributed by atoms with E-state index < -0.39 is 17.6 Å². The Labute approximate surface area is 129 Å². The molecule has 0 unspecified atom stereocenters. The van der Waals surface area contributed by atoms with Crippen molar-refractivity contribution in [1.29, 1.82) is 0 Å². The molecule has 2 nitrogen and oxygen atoms in total. The van der Waals surface area contributed by atoms with Crippen LogP contribution in [0.5, 0.6) is 5.75 Å². The van der Waals surface area contributed by atoms with Crippen molar-refractivity contribution in [2.45, 2.75) is 13.1 Å². The second-order valence-corrected chi connectivity index (χ2v) is 4.85. The summed E-state index contributed by atoms with van der Waals surface area (Å²) >= 11 is 5.74. The number of rotatable bonds is 3. The van der Waals surface area contributed by atoms with Crippen molar-refractivity contribution in [3.63, 3.8) is 0 Å². The molecule has 0 aliphatic carbocycles. The van der Waals surface area contributed by atoms with Gasteiger partial charge in [0.05, 0.1) is 11.3 Å². The molecule has 0 saturated heterocycles. The lowest BCUT2D eigenvalue weighted by molar-refractivity contribution is -0.137. The van der Waals surface area contributed by atoms with Gasteiger partial charge in [0.2, 0.25) is 0 Å². The van der Waals surface area contributed by atoms with E-state index in [4.69, 9.17) is 16.4 Å². The number of hydrogen-bond acceptors (Lipinski definition) is 2. The zero-order chi connectivity index (χ0) is 16.3. The predicted molar refractivity (Wildman–Crippen MR) is 75.7 cm³/mol. The zero-order valence-electron chi connectivity index (χ0n) is 11.3. The maximum atomic E-state index is 13.0. The number of hydrogen-bond donors (Lipinski definition) is 0. The van der Waals surface area contributed by atoms with Crippen LogP contribution in [0.4, 0.5) is 17.6 Å². The molecule has 0 N–H and O–H groups in total. The summed E-state index contributed by atoms with van der Waals surface area (Å²) in [6, 6.07) is 8.14. The maximum absolute atomic E-state index is 13.0. The molecule has 0 radical (unpaired) electrons. The fourth-order valence-electron chi connectivity index (χ4n) is 1.73. The normalized spacial score (nSPS) is 12.4. The lowest BCUT2D eigenvalue weighted by atomic mass is 10.0. The molecule has 0 aliphatic rings. The summed E-state index contributed by atoms with van der Waals surface area (Å²) in [5.41, 5.74) is -1.04. The lowest BCUT2D eigenvalue weighted by Crippen LogP contribution is -2.12. The topological polar surface area (TPSA) is 21.6 Å². The Morgan fingerprint density at radius 1 is 1.09 bits per heavy atom. The van der Waals surface area contributed by atoms with Crippen molar-refractivity contribution >= 4 is 17.3 Å². The molecule has 7 heteroatoms. The van der Waals surface area contributed by atoms with Gasteiger partial charge >= 0.3 is 6.18 Å². The van der Waals surface area contributed by atoms with Gasteiger partial charge in [-0.2, -0.15) is 13.2 Å². The van der Waals surface area contributed by atoms with Gasteiger partial charge in [0.15, 0.2) is 5.75 Å². The summed E-state index contributed by atoms with van der Waals surface area (Å²) in [6.45, 7) is 1.37. The molecule has 0 spiro atoms. The van der Waals surface area contributed by atoms with Gasteiger partial charge < -0.3 is 4.84 Å². The van der Waals surface area contributed by atoms with Crippen LogP contribution in [0.3, 0.4) is 0 Å². The second-order valence-electron chi connectivity index (χ2n) is 4.41. The Bertz CT molecular complexity index is 696. The van der Waals surface area contributed by atoms with Crippen molar-refractivity contribution in [3.8, 4) is 5.75 Å². The first-order valence-electron chi connectivity index (χ1n) is 6.11. The molecule has 22 heavy (non-hydrogen) atoms. The first kappa shape index (κ1) is 16.3. The van der Waals surface area contributed by atoms with Gasteiger partial charge in [-0.05, 0) is 49.4 Å². The van der Waals surface area contributed by atoms with Gasteiger partial charge in [-0.1, -0.05) is 16.8 Å². The molecule has 0 atom stereocenters. The standard InChI is InChI=1S/C15H10ClF4NO/c1-9(21-22-12-5-3-11(17)4-6-12)13-8-10(16)2-7-14(13)15(18,19)20/h2-8H,1H3/b21-9+. The van der Waals surface area contributed by atoms with Gasteiger partial charge in [0, 0.05) is 10.6 Å². The van der Waals surface area contributed by atoms with Crippen LogP contribution in [-0.2, 0) is 6.18 Å². The van der Waals surface area contributed by atoms with Crippen LogP contribution in [0.15, 0.2) is 47.6 Å². The van der Waals surface area contributed by atoms with E-state index in [9.17, 15) is 17.6 Å². The first-order valence-corrected chi connectivity index (χ1v) is 6.49. The van der Waals surface area contributed by atoms with E-state index in [2.05, 4.69) is 5.16 Å². The van der Waals surface area contributed by atoms with Crippen LogP contribution in [0, 0.1) is 5.82 Å². The van der Waals surface area contributed by atoms with Crippen LogP contribution >= 0.6 is 11.6 Å². The third-order valence-corrected chi connectivity index (χ3v) is 3.01. The maximum Gasteiger partial charge on any atom is 0.417 e. The highest BCUT2D eigenvalue weighted by Crippen LogP contribution is 2.33. The van der Waals surface area contributed by atoms with Crippen molar-refractivity contribution in [2.75, 3.05) is 0 Å². The van der Waals surface area contributed by atoms with Gasteiger partial charge in [0.25, 0.3) is 0 Å². The minimum absolute atomic E-state index is 0.000787. The largest absolute Gasteiger partial charge is 0.417 e. The van der Waals surface area contributed by atoms with Crippen LogP contribution in [0.25, 0.3) is 0 Å². The fraction of sp³-hybridized carbons (Fsp3) is 0.133. The molecule has 0 aliphatic heterocycles. The molecule has 2 rings (SSSR count). The third kappa shape index (κ3) is 3.98.